The van der Waals surface area contributed by atoms with Crippen molar-refractivity contribution in [2.45, 2.75) is 94.0 Å². The fourth-order valence-corrected chi connectivity index (χ4v) is 6.84. The number of phenols is 1. The van der Waals surface area contributed by atoms with Crippen LogP contribution in [0.1, 0.15) is 105 Å². The van der Waals surface area contributed by atoms with Crippen molar-refractivity contribution < 1.29 is 24.5 Å². The summed E-state index contributed by atoms with van der Waals surface area (Å²) in [4.78, 5) is 25.9. The van der Waals surface area contributed by atoms with E-state index in [-0.39, 0.29) is 16.9 Å². The topological polar surface area (TPSA) is 139 Å². The summed E-state index contributed by atoms with van der Waals surface area (Å²) in [5, 5.41) is 37.2. The van der Waals surface area contributed by atoms with Crippen molar-refractivity contribution in [3.63, 3.8) is 0 Å². The first-order chi connectivity index (χ1) is 24.5. The second-order valence-electron chi connectivity index (χ2n) is 12.3. The number of anilines is 1. The first-order valence-corrected chi connectivity index (χ1v) is 18.4. The number of ether oxygens (including phenoxy) is 1. The lowest BCUT2D eigenvalue weighted by Gasteiger charge is -2.15. The van der Waals surface area contributed by atoms with Crippen LogP contribution in [0.25, 0.3) is 16.5 Å². The molecule has 5 aromatic rings. The number of tetrazole rings is 1. The summed E-state index contributed by atoms with van der Waals surface area (Å²) in [6.45, 7) is 2.81. The van der Waals surface area contributed by atoms with Crippen LogP contribution in [0.2, 0.25) is 0 Å². The Bertz CT molecular complexity index is 1880. The fraction of sp³-hybridized carbons (Fsp3) is 0.359. The summed E-state index contributed by atoms with van der Waals surface area (Å²) in [7, 11) is 0. The zero-order valence-electron chi connectivity index (χ0n) is 28.5. The Morgan fingerprint density at radius 2 is 1.46 bits per heavy atom. The van der Waals surface area contributed by atoms with Crippen molar-refractivity contribution in [2.75, 3.05) is 11.9 Å². The van der Waals surface area contributed by atoms with Crippen LogP contribution in [-0.2, 0) is 0 Å². The minimum Gasteiger partial charge on any atom is -0.506 e. The van der Waals surface area contributed by atoms with E-state index in [1.807, 2.05) is 30.3 Å². The number of carboxylic acid groups (broad SMARTS) is 1. The average molecular weight is 696 g/mol. The van der Waals surface area contributed by atoms with Crippen LogP contribution in [0.5, 0.6) is 11.5 Å². The molecule has 1 heterocycles. The molecule has 5 rings (SSSR count). The highest BCUT2D eigenvalue weighted by Gasteiger charge is 2.21. The number of fused-ring (bicyclic) bond motifs is 1. The van der Waals surface area contributed by atoms with Gasteiger partial charge in [-0.3, -0.25) is 4.79 Å². The van der Waals surface area contributed by atoms with Crippen molar-refractivity contribution in [1.29, 1.82) is 0 Å². The summed E-state index contributed by atoms with van der Waals surface area (Å²) in [5.74, 6) is -1.14. The van der Waals surface area contributed by atoms with E-state index in [1.165, 1.54) is 92.8 Å². The minimum atomic E-state index is -1.06. The zero-order valence-corrected chi connectivity index (χ0v) is 29.3. The number of carbonyl (C=O) groups excluding carboxylic acids is 1. The highest BCUT2D eigenvalue weighted by atomic mass is 32.2. The minimum absolute atomic E-state index is 0.0776. The molecule has 0 atom stereocenters. The molecule has 11 heteroatoms. The maximum atomic E-state index is 13.7. The number of aromatic hydroxyl groups is 1. The predicted octanol–water partition coefficient (Wildman–Crippen LogP) is 9.70. The number of aromatic carboxylic acids is 1. The molecule has 262 valence electrons. The smallest absolute Gasteiger partial charge is 0.335 e. The largest absolute Gasteiger partial charge is 0.506 e. The SMILES string of the molecule is CCCCCCCCCCCCCCOc1ccccc1NC(=O)c1cc(Sc2nnnn2-c2cccc(C(=O)O)c2)c2ccccc2c1O. The van der Waals surface area contributed by atoms with Gasteiger partial charge in [-0.1, -0.05) is 120 Å². The van der Waals surface area contributed by atoms with Gasteiger partial charge in [0.1, 0.15) is 11.5 Å². The normalized spacial score (nSPS) is 11.1. The summed E-state index contributed by atoms with van der Waals surface area (Å²) in [6, 6.07) is 22.4. The average Bonchev–Trinajstić information content (AvgIpc) is 3.60. The zero-order chi connectivity index (χ0) is 35.1. The van der Waals surface area contributed by atoms with Crippen LogP contribution in [0, 0.1) is 0 Å². The molecule has 0 spiro atoms. The van der Waals surface area contributed by atoms with Gasteiger partial charge in [-0.15, -0.1) is 5.10 Å². The summed E-state index contributed by atoms with van der Waals surface area (Å²) < 4.78 is 7.53. The van der Waals surface area contributed by atoms with Gasteiger partial charge in [-0.2, -0.15) is 4.68 Å². The number of rotatable bonds is 20. The molecular formula is C39H45N5O5S. The van der Waals surface area contributed by atoms with Crippen LogP contribution >= 0.6 is 11.8 Å². The number of amides is 1. The van der Waals surface area contributed by atoms with E-state index < -0.39 is 11.9 Å². The first kappa shape index (κ1) is 36.4. The third kappa shape index (κ3) is 9.84. The number of carbonyl (C=O) groups is 2. The number of nitrogens with zero attached hydrogens (tertiary/aromatic N) is 4. The maximum absolute atomic E-state index is 13.7. The molecular weight excluding hydrogens is 651 g/mol. The summed E-state index contributed by atoms with van der Waals surface area (Å²) in [5.41, 5.74) is 1.16. The van der Waals surface area contributed by atoms with Gasteiger partial charge >= 0.3 is 5.97 Å². The fourth-order valence-electron chi connectivity index (χ4n) is 5.87. The van der Waals surface area contributed by atoms with Crippen LogP contribution in [0.15, 0.2) is 88.9 Å². The van der Waals surface area contributed by atoms with Crippen LogP contribution in [0.3, 0.4) is 0 Å². The Morgan fingerprint density at radius 3 is 2.18 bits per heavy atom. The Balaban J connectivity index is 1.22. The van der Waals surface area contributed by atoms with Gasteiger partial charge in [0.05, 0.1) is 29.1 Å². The maximum Gasteiger partial charge on any atom is 0.335 e. The Morgan fingerprint density at radius 1 is 0.800 bits per heavy atom. The molecule has 4 aromatic carbocycles. The van der Waals surface area contributed by atoms with Crippen molar-refractivity contribution in [2.24, 2.45) is 0 Å². The van der Waals surface area contributed by atoms with Gasteiger partial charge in [-0.25, -0.2) is 4.79 Å². The molecule has 0 fully saturated rings. The molecule has 10 nitrogen and oxygen atoms in total. The molecule has 1 amide bonds. The van der Waals surface area contributed by atoms with Crippen molar-refractivity contribution in [3.8, 4) is 17.2 Å². The number of hydrogen-bond acceptors (Lipinski definition) is 8. The van der Waals surface area contributed by atoms with Gasteiger partial charge < -0.3 is 20.3 Å². The van der Waals surface area contributed by atoms with Gasteiger partial charge in [0, 0.05) is 10.3 Å². The summed E-state index contributed by atoms with van der Waals surface area (Å²) in [6.07, 6.45) is 15.2. The predicted molar refractivity (Wildman–Crippen MR) is 197 cm³/mol. The van der Waals surface area contributed by atoms with Gasteiger partial charge in [-0.05, 0) is 70.4 Å². The number of benzene rings is 4. The first-order valence-electron chi connectivity index (χ1n) is 17.5. The number of phenolic OH excluding ortho intramolecular Hbond substituents is 1. The number of aromatic nitrogens is 4. The van der Waals surface area contributed by atoms with Crippen LogP contribution in [0.4, 0.5) is 5.69 Å². The monoisotopic (exact) mass is 695 g/mol. The number of unbranched alkanes of at least 4 members (excludes halogenated alkanes) is 11. The number of carboxylic acids is 1. The molecule has 50 heavy (non-hydrogen) atoms. The highest BCUT2D eigenvalue weighted by Crippen LogP contribution is 2.40. The molecule has 0 aliphatic carbocycles. The third-order valence-electron chi connectivity index (χ3n) is 8.59. The van der Waals surface area contributed by atoms with E-state index in [2.05, 4.69) is 27.8 Å². The van der Waals surface area contributed by atoms with Crippen LogP contribution in [-0.4, -0.2) is 48.9 Å². The molecule has 0 radical (unpaired) electrons. The molecule has 0 saturated carbocycles. The van der Waals surface area contributed by atoms with Gasteiger partial charge in [0.25, 0.3) is 5.91 Å². The second kappa shape index (κ2) is 18.7. The molecule has 0 bridgehead atoms. The highest BCUT2D eigenvalue weighted by molar-refractivity contribution is 7.99. The lowest BCUT2D eigenvalue weighted by molar-refractivity contribution is 0.0696. The molecule has 0 unspecified atom stereocenters. The second-order valence-corrected chi connectivity index (χ2v) is 13.3. The van der Waals surface area contributed by atoms with E-state index in [0.29, 0.717) is 44.6 Å². The Kier molecular flexibility index (Phi) is 13.6. The van der Waals surface area contributed by atoms with Crippen LogP contribution < -0.4 is 10.1 Å². The molecule has 1 aromatic heterocycles. The number of para-hydroxylation sites is 2. The summed E-state index contributed by atoms with van der Waals surface area (Å²) >= 11 is 1.20. The van der Waals surface area contributed by atoms with E-state index in [4.69, 9.17) is 4.74 Å². The lowest BCUT2D eigenvalue weighted by Crippen LogP contribution is -2.14. The van der Waals surface area contributed by atoms with E-state index >= 15 is 0 Å². The van der Waals surface area contributed by atoms with Crippen molar-refractivity contribution in [1.82, 2.24) is 20.2 Å². The number of nitrogens with one attached hydrogen (secondary N) is 1. The van der Waals surface area contributed by atoms with E-state index in [1.54, 1.807) is 36.4 Å². The quantitative estimate of drug-likeness (QED) is 0.0679. The van der Waals surface area contributed by atoms with Crippen molar-refractivity contribution in [3.05, 3.63) is 90.0 Å². The molecule has 0 saturated heterocycles. The van der Waals surface area contributed by atoms with Gasteiger partial charge in [0.15, 0.2) is 0 Å². The van der Waals surface area contributed by atoms with E-state index in [9.17, 15) is 19.8 Å². The third-order valence-corrected chi connectivity index (χ3v) is 9.59. The molecule has 3 N–H and O–H groups in total. The standard InChI is InChI=1S/C39H45N5O5S/c1-2-3-4-5-6-7-8-9-10-11-12-17-25-49-34-24-16-15-23-33(34)40-37(46)32-27-35(30-21-13-14-22-31(30)36(32)45)50-39-41-42-43-44(39)29-20-18-19-28(26-29)38(47)48/h13-16,18-24,26-27,45H,2-12,17,25H2,1H3,(H,40,46)(H,47,48). The number of hydrogen-bond donors (Lipinski definition) is 3. The van der Waals surface area contributed by atoms with E-state index in [0.717, 1.165) is 12.8 Å². The molecule has 0 aliphatic rings. The lowest BCUT2D eigenvalue weighted by atomic mass is 10.0. The Labute approximate surface area is 297 Å². The molecule has 0 aliphatic heterocycles. The Hall–Kier alpha value is -4.90. The van der Waals surface area contributed by atoms with Gasteiger partial charge in [0.2, 0.25) is 5.16 Å². The van der Waals surface area contributed by atoms with Crippen molar-refractivity contribution >= 4 is 40.1 Å².